The fourth-order valence-electron chi connectivity index (χ4n) is 1.39. The molecule has 70 valence electrons. The average molecular weight is 185 g/mol. The summed E-state index contributed by atoms with van der Waals surface area (Å²) in [5, 5.41) is 0. The van der Waals surface area contributed by atoms with E-state index < -0.39 is 0 Å². The van der Waals surface area contributed by atoms with E-state index in [4.69, 9.17) is 5.73 Å². The van der Waals surface area contributed by atoms with E-state index in [1.54, 1.807) is 0 Å². The van der Waals surface area contributed by atoms with Gasteiger partial charge < -0.3 is 5.73 Å². The summed E-state index contributed by atoms with van der Waals surface area (Å²) in [6.45, 7) is 4.28. The lowest BCUT2D eigenvalue weighted by Crippen LogP contribution is -2.42. The Bertz CT molecular complexity index is 165. The zero-order chi connectivity index (χ0) is 9.03. The predicted octanol–water partition coefficient (Wildman–Crippen LogP) is 2.57. The molecule has 1 saturated heterocycles. The van der Waals surface area contributed by atoms with Crippen LogP contribution in [0.1, 0.15) is 33.1 Å². The molecule has 1 heterocycles. The topological polar surface area (TPSA) is 26.0 Å². The molecule has 0 bridgehead atoms. The van der Waals surface area contributed by atoms with E-state index in [9.17, 15) is 0 Å². The number of allylic oxidation sites excluding steroid dienone is 1. The van der Waals surface area contributed by atoms with Crippen LogP contribution in [0.5, 0.6) is 0 Å². The normalized spacial score (nSPS) is 21.9. The maximum Gasteiger partial charge on any atom is 0.0205 e. The third-order valence-corrected chi connectivity index (χ3v) is 3.39. The lowest BCUT2D eigenvalue weighted by atomic mass is 9.89. The zero-order valence-electron chi connectivity index (χ0n) is 8.10. The summed E-state index contributed by atoms with van der Waals surface area (Å²) in [5.74, 6) is 2.49. The lowest BCUT2D eigenvalue weighted by molar-refractivity contribution is 0.398. The van der Waals surface area contributed by atoms with E-state index in [0.717, 1.165) is 6.42 Å². The molecule has 1 nitrogen and oxygen atoms in total. The van der Waals surface area contributed by atoms with Crippen molar-refractivity contribution in [2.24, 2.45) is 5.73 Å². The Labute approximate surface area is 79.8 Å². The summed E-state index contributed by atoms with van der Waals surface area (Å²) in [6, 6.07) is 0. The minimum atomic E-state index is 0.114. The van der Waals surface area contributed by atoms with Crippen LogP contribution >= 0.6 is 11.8 Å². The van der Waals surface area contributed by atoms with Crippen LogP contribution in [0.4, 0.5) is 0 Å². The fraction of sp³-hybridized carbons (Fsp3) is 0.800. The van der Waals surface area contributed by atoms with Crippen molar-refractivity contribution < 1.29 is 0 Å². The smallest absolute Gasteiger partial charge is 0.0205 e. The van der Waals surface area contributed by atoms with Crippen molar-refractivity contribution in [2.75, 3.05) is 11.5 Å². The Hall–Kier alpha value is 0.0500. The molecule has 1 fully saturated rings. The third-order valence-electron chi connectivity index (χ3n) is 2.41. The number of nitrogens with two attached hydrogens (primary N) is 1. The van der Waals surface area contributed by atoms with Crippen molar-refractivity contribution in [3.8, 4) is 0 Å². The molecule has 0 unspecified atom stereocenters. The van der Waals surface area contributed by atoms with E-state index >= 15 is 0 Å². The first-order valence-corrected chi connectivity index (χ1v) is 5.78. The van der Waals surface area contributed by atoms with Gasteiger partial charge in [-0.2, -0.15) is 11.8 Å². The molecule has 0 saturated carbocycles. The van der Waals surface area contributed by atoms with Crippen molar-refractivity contribution in [2.45, 2.75) is 38.6 Å². The van der Waals surface area contributed by atoms with Gasteiger partial charge in [-0.25, -0.2) is 0 Å². The van der Waals surface area contributed by atoms with E-state index in [0.29, 0.717) is 0 Å². The molecule has 0 spiro atoms. The van der Waals surface area contributed by atoms with Gasteiger partial charge in [0.1, 0.15) is 0 Å². The SMILES string of the molecule is CC(C)=CCC1(N)CCSCC1. The van der Waals surface area contributed by atoms with Crippen molar-refractivity contribution >= 4 is 11.8 Å². The molecular formula is C10H19NS. The zero-order valence-corrected chi connectivity index (χ0v) is 8.91. The van der Waals surface area contributed by atoms with Gasteiger partial charge in [-0.05, 0) is 44.6 Å². The second kappa shape index (κ2) is 4.33. The Kier molecular flexibility index (Phi) is 3.66. The number of hydrogen-bond acceptors (Lipinski definition) is 2. The van der Waals surface area contributed by atoms with Crippen LogP contribution in [0.2, 0.25) is 0 Å². The average Bonchev–Trinajstić information content (AvgIpc) is 2.03. The number of rotatable bonds is 2. The van der Waals surface area contributed by atoms with Crippen LogP contribution in [-0.4, -0.2) is 17.0 Å². The van der Waals surface area contributed by atoms with Crippen LogP contribution in [0.3, 0.4) is 0 Å². The first-order valence-electron chi connectivity index (χ1n) is 4.62. The van der Waals surface area contributed by atoms with Crippen molar-refractivity contribution in [3.63, 3.8) is 0 Å². The Morgan fingerprint density at radius 2 is 2.00 bits per heavy atom. The molecule has 1 rings (SSSR count). The maximum atomic E-state index is 6.25. The standard InChI is InChI=1S/C10H19NS/c1-9(2)3-4-10(11)5-7-12-8-6-10/h3H,4-8,11H2,1-2H3. The molecule has 1 aliphatic heterocycles. The first-order chi connectivity index (χ1) is 5.62. The van der Waals surface area contributed by atoms with Crippen molar-refractivity contribution in [3.05, 3.63) is 11.6 Å². The molecule has 0 atom stereocenters. The van der Waals surface area contributed by atoms with Crippen LogP contribution in [0, 0.1) is 0 Å². The molecule has 12 heavy (non-hydrogen) atoms. The van der Waals surface area contributed by atoms with Gasteiger partial charge in [-0.15, -0.1) is 0 Å². The highest BCUT2D eigenvalue weighted by Crippen LogP contribution is 2.28. The van der Waals surface area contributed by atoms with Crippen LogP contribution in [-0.2, 0) is 0 Å². The van der Waals surface area contributed by atoms with Crippen LogP contribution in [0.15, 0.2) is 11.6 Å². The Balaban J connectivity index is 2.41. The summed E-state index contributed by atoms with van der Waals surface area (Å²) in [6.07, 6.45) is 5.70. The van der Waals surface area contributed by atoms with Gasteiger partial charge in [-0.1, -0.05) is 11.6 Å². The largest absolute Gasteiger partial charge is 0.325 e. The van der Waals surface area contributed by atoms with Crippen molar-refractivity contribution in [1.29, 1.82) is 0 Å². The minimum absolute atomic E-state index is 0.114. The summed E-state index contributed by atoms with van der Waals surface area (Å²) in [4.78, 5) is 0. The second-order valence-electron chi connectivity index (χ2n) is 3.96. The van der Waals surface area contributed by atoms with E-state index in [2.05, 4.69) is 19.9 Å². The number of thioether (sulfide) groups is 1. The summed E-state index contributed by atoms with van der Waals surface area (Å²) in [5.41, 5.74) is 7.75. The van der Waals surface area contributed by atoms with Gasteiger partial charge in [0, 0.05) is 5.54 Å². The van der Waals surface area contributed by atoms with Gasteiger partial charge in [0.2, 0.25) is 0 Å². The fourth-order valence-corrected chi connectivity index (χ4v) is 2.70. The summed E-state index contributed by atoms with van der Waals surface area (Å²) >= 11 is 2.03. The van der Waals surface area contributed by atoms with Gasteiger partial charge >= 0.3 is 0 Å². The van der Waals surface area contributed by atoms with Gasteiger partial charge in [0.25, 0.3) is 0 Å². The highest BCUT2D eigenvalue weighted by atomic mass is 32.2. The monoisotopic (exact) mass is 185 g/mol. The highest BCUT2D eigenvalue weighted by molar-refractivity contribution is 7.99. The Morgan fingerprint density at radius 1 is 1.42 bits per heavy atom. The predicted molar refractivity (Wildman–Crippen MR) is 57.5 cm³/mol. The first kappa shape index (κ1) is 10.1. The molecule has 0 amide bonds. The molecule has 0 aromatic heterocycles. The number of hydrogen-bond donors (Lipinski definition) is 1. The molecule has 0 aromatic carbocycles. The molecule has 2 N–H and O–H groups in total. The molecular weight excluding hydrogens is 166 g/mol. The van der Waals surface area contributed by atoms with E-state index in [-0.39, 0.29) is 5.54 Å². The third kappa shape index (κ3) is 3.20. The summed E-state index contributed by atoms with van der Waals surface area (Å²) < 4.78 is 0. The van der Waals surface area contributed by atoms with Crippen molar-refractivity contribution in [1.82, 2.24) is 0 Å². The quantitative estimate of drug-likeness (QED) is 0.669. The maximum absolute atomic E-state index is 6.25. The minimum Gasteiger partial charge on any atom is -0.325 e. The summed E-state index contributed by atoms with van der Waals surface area (Å²) in [7, 11) is 0. The molecule has 0 aliphatic carbocycles. The second-order valence-corrected chi connectivity index (χ2v) is 5.19. The van der Waals surface area contributed by atoms with E-state index in [1.807, 2.05) is 11.8 Å². The molecule has 0 aromatic rings. The van der Waals surface area contributed by atoms with Gasteiger partial charge in [-0.3, -0.25) is 0 Å². The van der Waals surface area contributed by atoms with Crippen LogP contribution < -0.4 is 5.73 Å². The van der Waals surface area contributed by atoms with E-state index in [1.165, 1.54) is 29.9 Å². The van der Waals surface area contributed by atoms with Gasteiger partial charge in [0.15, 0.2) is 0 Å². The lowest BCUT2D eigenvalue weighted by Gasteiger charge is -2.32. The molecule has 1 aliphatic rings. The van der Waals surface area contributed by atoms with Gasteiger partial charge in [0.05, 0.1) is 0 Å². The Morgan fingerprint density at radius 3 is 2.50 bits per heavy atom. The van der Waals surface area contributed by atoms with Crippen LogP contribution in [0.25, 0.3) is 0 Å². The molecule has 2 heteroatoms. The highest BCUT2D eigenvalue weighted by Gasteiger charge is 2.25. The molecule has 0 radical (unpaired) electrons.